The van der Waals surface area contributed by atoms with Crippen LogP contribution in [0.4, 0.5) is 0 Å². The molecule has 1 aromatic heterocycles. The molecule has 2 N–H and O–H groups in total. The Morgan fingerprint density at radius 3 is 2.74 bits per heavy atom. The minimum atomic E-state index is -0.125. The van der Waals surface area contributed by atoms with Crippen LogP contribution in [0.15, 0.2) is 29.1 Å². The van der Waals surface area contributed by atoms with Crippen molar-refractivity contribution in [2.75, 3.05) is 6.61 Å². The van der Waals surface area contributed by atoms with Crippen molar-refractivity contribution >= 4 is 11.6 Å². The number of nitrogens with zero attached hydrogens (tertiary/aromatic N) is 1. The van der Waals surface area contributed by atoms with Gasteiger partial charge in [-0.15, -0.1) is 0 Å². The van der Waals surface area contributed by atoms with E-state index in [9.17, 15) is 4.79 Å². The monoisotopic (exact) mass is 280 g/mol. The first-order chi connectivity index (χ1) is 9.04. The predicted molar refractivity (Wildman–Crippen MR) is 76.3 cm³/mol. The van der Waals surface area contributed by atoms with Crippen molar-refractivity contribution in [1.82, 2.24) is 9.78 Å². The van der Waals surface area contributed by atoms with Gasteiger partial charge < -0.3 is 5.11 Å². The van der Waals surface area contributed by atoms with Gasteiger partial charge in [0.15, 0.2) is 0 Å². The van der Waals surface area contributed by atoms with Crippen LogP contribution in [0.1, 0.15) is 31.0 Å². The Bertz CT molecular complexity index is 629. The second kappa shape index (κ2) is 5.63. The first-order valence-corrected chi connectivity index (χ1v) is 6.63. The van der Waals surface area contributed by atoms with Crippen LogP contribution in [0.5, 0.6) is 0 Å². The van der Waals surface area contributed by atoms with Crippen LogP contribution in [0.2, 0.25) is 5.02 Å². The molecule has 0 saturated carbocycles. The molecule has 102 valence electrons. The molecule has 2 rings (SSSR count). The fraction of sp³-hybridized carbons (Fsp3) is 0.357. The number of halogens is 1. The first-order valence-electron chi connectivity index (χ1n) is 6.25. The van der Waals surface area contributed by atoms with E-state index in [1.807, 2.05) is 19.9 Å². The van der Waals surface area contributed by atoms with Crippen LogP contribution in [-0.4, -0.2) is 21.5 Å². The van der Waals surface area contributed by atoms with Gasteiger partial charge in [0.25, 0.3) is 5.56 Å². The van der Waals surface area contributed by atoms with E-state index < -0.39 is 0 Å². The lowest BCUT2D eigenvalue weighted by Gasteiger charge is -2.04. The SMILES string of the molecule is CC(C)c1[nH]n(-c2cccc(Cl)c2)c(=O)c1CCO. The third kappa shape index (κ3) is 2.74. The van der Waals surface area contributed by atoms with Gasteiger partial charge in [-0.25, -0.2) is 4.68 Å². The second-order valence-electron chi connectivity index (χ2n) is 4.75. The lowest BCUT2D eigenvalue weighted by atomic mass is 10.0. The summed E-state index contributed by atoms with van der Waals surface area (Å²) in [6, 6.07) is 7.10. The molecule has 1 heterocycles. The Morgan fingerprint density at radius 1 is 1.42 bits per heavy atom. The summed E-state index contributed by atoms with van der Waals surface area (Å²) < 4.78 is 1.48. The van der Waals surface area contributed by atoms with E-state index in [0.717, 1.165) is 5.69 Å². The zero-order chi connectivity index (χ0) is 14.0. The number of benzene rings is 1. The Kier molecular flexibility index (Phi) is 4.12. The third-order valence-corrected chi connectivity index (χ3v) is 3.26. The van der Waals surface area contributed by atoms with Crippen molar-refractivity contribution in [3.63, 3.8) is 0 Å². The number of aliphatic hydroxyl groups excluding tert-OH is 1. The summed E-state index contributed by atoms with van der Waals surface area (Å²) in [7, 11) is 0. The van der Waals surface area contributed by atoms with E-state index in [1.54, 1.807) is 18.2 Å². The molecule has 0 atom stereocenters. The maximum atomic E-state index is 12.4. The largest absolute Gasteiger partial charge is 0.396 e. The van der Waals surface area contributed by atoms with Crippen molar-refractivity contribution < 1.29 is 5.11 Å². The summed E-state index contributed by atoms with van der Waals surface area (Å²) in [5.74, 6) is 0.190. The lowest BCUT2D eigenvalue weighted by molar-refractivity contribution is 0.299. The van der Waals surface area contributed by atoms with E-state index in [4.69, 9.17) is 16.7 Å². The summed E-state index contributed by atoms with van der Waals surface area (Å²) >= 11 is 5.95. The minimum Gasteiger partial charge on any atom is -0.396 e. The smallest absolute Gasteiger partial charge is 0.274 e. The summed E-state index contributed by atoms with van der Waals surface area (Å²) in [5.41, 5.74) is 2.07. The quantitative estimate of drug-likeness (QED) is 0.904. The molecule has 0 bridgehead atoms. The molecule has 0 aliphatic heterocycles. The number of hydrogen-bond acceptors (Lipinski definition) is 2. The van der Waals surface area contributed by atoms with E-state index in [-0.39, 0.29) is 18.1 Å². The van der Waals surface area contributed by atoms with Crippen LogP contribution in [0, 0.1) is 0 Å². The van der Waals surface area contributed by atoms with Gasteiger partial charge in [0.1, 0.15) is 0 Å². The summed E-state index contributed by atoms with van der Waals surface area (Å²) in [6.45, 7) is 3.98. The summed E-state index contributed by atoms with van der Waals surface area (Å²) in [5, 5.41) is 12.8. The standard InChI is InChI=1S/C14H17ClN2O2/c1-9(2)13-12(6-7-18)14(19)17(16-13)11-5-3-4-10(15)8-11/h3-5,8-9,16,18H,6-7H2,1-2H3. The molecular weight excluding hydrogens is 264 g/mol. The Hall–Kier alpha value is -1.52. The van der Waals surface area contributed by atoms with E-state index >= 15 is 0 Å². The average molecular weight is 281 g/mol. The van der Waals surface area contributed by atoms with Crippen LogP contribution in [0.25, 0.3) is 5.69 Å². The minimum absolute atomic E-state index is 0.0393. The van der Waals surface area contributed by atoms with Crippen molar-refractivity contribution in [1.29, 1.82) is 0 Å². The topological polar surface area (TPSA) is 58.0 Å². The van der Waals surface area contributed by atoms with Gasteiger partial charge >= 0.3 is 0 Å². The Balaban J connectivity index is 2.59. The second-order valence-corrected chi connectivity index (χ2v) is 5.19. The fourth-order valence-electron chi connectivity index (χ4n) is 2.12. The highest BCUT2D eigenvalue weighted by Crippen LogP contribution is 2.18. The molecule has 1 aromatic carbocycles. The summed E-state index contributed by atoms with van der Waals surface area (Å²) in [6.07, 6.45) is 0.358. The average Bonchev–Trinajstić information content (AvgIpc) is 2.68. The summed E-state index contributed by atoms with van der Waals surface area (Å²) in [4.78, 5) is 12.4. The van der Waals surface area contributed by atoms with Gasteiger partial charge in [-0.05, 0) is 24.1 Å². The molecule has 2 aromatic rings. The molecule has 0 aliphatic carbocycles. The Morgan fingerprint density at radius 2 is 2.16 bits per heavy atom. The molecule has 0 spiro atoms. The number of aromatic nitrogens is 2. The van der Waals surface area contributed by atoms with Gasteiger partial charge in [-0.1, -0.05) is 31.5 Å². The van der Waals surface area contributed by atoms with Crippen molar-refractivity contribution in [2.45, 2.75) is 26.2 Å². The number of rotatable bonds is 4. The van der Waals surface area contributed by atoms with Crippen molar-refractivity contribution in [3.8, 4) is 5.69 Å². The van der Waals surface area contributed by atoms with E-state index in [2.05, 4.69) is 5.10 Å². The number of aliphatic hydroxyl groups is 1. The van der Waals surface area contributed by atoms with Gasteiger partial charge in [0, 0.05) is 29.3 Å². The van der Waals surface area contributed by atoms with Gasteiger partial charge in [-0.3, -0.25) is 9.89 Å². The van der Waals surface area contributed by atoms with Crippen LogP contribution in [0.3, 0.4) is 0 Å². The van der Waals surface area contributed by atoms with Crippen LogP contribution < -0.4 is 5.56 Å². The molecule has 0 saturated heterocycles. The van der Waals surface area contributed by atoms with Crippen molar-refractivity contribution in [2.24, 2.45) is 0 Å². The van der Waals surface area contributed by atoms with E-state index in [1.165, 1.54) is 4.68 Å². The predicted octanol–water partition coefficient (Wildman–Crippen LogP) is 2.48. The number of aromatic amines is 1. The molecule has 0 unspecified atom stereocenters. The highest BCUT2D eigenvalue weighted by molar-refractivity contribution is 6.30. The van der Waals surface area contributed by atoms with E-state index in [0.29, 0.717) is 22.7 Å². The number of hydrogen-bond donors (Lipinski definition) is 2. The molecule has 0 amide bonds. The maximum Gasteiger partial charge on any atom is 0.274 e. The van der Waals surface area contributed by atoms with Crippen LogP contribution in [-0.2, 0) is 6.42 Å². The zero-order valence-electron chi connectivity index (χ0n) is 11.0. The van der Waals surface area contributed by atoms with Gasteiger partial charge in [-0.2, -0.15) is 0 Å². The Labute approximate surface area is 116 Å². The third-order valence-electron chi connectivity index (χ3n) is 3.02. The maximum absolute atomic E-state index is 12.4. The molecule has 0 aliphatic rings. The first kappa shape index (κ1) is 13.9. The molecule has 4 nitrogen and oxygen atoms in total. The van der Waals surface area contributed by atoms with Crippen molar-refractivity contribution in [3.05, 3.63) is 50.9 Å². The normalized spacial score (nSPS) is 11.2. The molecule has 5 heteroatoms. The number of H-pyrrole nitrogens is 1. The molecular formula is C14H17ClN2O2. The van der Waals surface area contributed by atoms with Gasteiger partial charge in [0.05, 0.1) is 5.69 Å². The molecule has 0 radical (unpaired) electrons. The fourth-order valence-corrected chi connectivity index (χ4v) is 2.30. The zero-order valence-corrected chi connectivity index (χ0v) is 11.7. The lowest BCUT2D eigenvalue weighted by Crippen LogP contribution is -2.18. The molecule has 19 heavy (non-hydrogen) atoms. The highest BCUT2D eigenvalue weighted by Gasteiger charge is 2.17. The number of nitrogens with one attached hydrogen (secondary N) is 1. The molecule has 0 fully saturated rings. The van der Waals surface area contributed by atoms with Gasteiger partial charge in [0.2, 0.25) is 0 Å². The highest BCUT2D eigenvalue weighted by atomic mass is 35.5. The van der Waals surface area contributed by atoms with Crippen LogP contribution >= 0.6 is 11.6 Å².